The first kappa shape index (κ1) is 11.1. The minimum absolute atomic E-state index is 0.665. The van der Waals surface area contributed by atoms with Gasteiger partial charge in [0.2, 0.25) is 5.95 Å². The number of rotatable bonds is 3. The van der Waals surface area contributed by atoms with Gasteiger partial charge in [0, 0.05) is 29.0 Å². The Balaban J connectivity index is 2.31. The summed E-state index contributed by atoms with van der Waals surface area (Å²) in [4.78, 5) is 8.49. The molecule has 0 fully saturated rings. The molecular weight excluding hydrogens is 266 g/mol. The molecule has 0 atom stereocenters. The van der Waals surface area contributed by atoms with Crippen molar-refractivity contribution >= 4 is 21.9 Å². The Kier molecular flexibility index (Phi) is 3.51. The number of aromatic nitrogens is 2. The van der Waals surface area contributed by atoms with Gasteiger partial charge >= 0.3 is 0 Å². The lowest BCUT2D eigenvalue weighted by Crippen LogP contribution is -2.01. The zero-order chi connectivity index (χ0) is 11.4. The Morgan fingerprint density at radius 2 is 1.88 bits per heavy atom. The Labute approximate surface area is 103 Å². The fourth-order valence-electron chi connectivity index (χ4n) is 1.41. The summed E-state index contributed by atoms with van der Waals surface area (Å²) in [6, 6.07) is 8.03. The van der Waals surface area contributed by atoms with Gasteiger partial charge in [0.05, 0.1) is 0 Å². The van der Waals surface area contributed by atoms with E-state index in [-0.39, 0.29) is 0 Å². The van der Waals surface area contributed by atoms with Crippen LogP contribution >= 0.6 is 15.9 Å². The van der Waals surface area contributed by atoms with Gasteiger partial charge in [-0.25, -0.2) is 9.97 Å². The molecule has 0 radical (unpaired) electrons. The van der Waals surface area contributed by atoms with Gasteiger partial charge in [-0.15, -0.1) is 0 Å². The van der Waals surface area contributed by atoms with Gasteiger partial charge in [0.15, 0.2) is 0 Å². The van der Waals surface area contributed by atoms with Crippen molar-refractivity contribution in [1.82, 2.24) is 9.97 Å². The van der Waals surface area contributed by atoms with Crippen molar-refractivity contribution in [2.75, 3.05) is 11.9 Å². The maximum absolute atomic E-state index is 4.24. The average molecular weight is 278 g/mol. The molecule has 1 aromatic heterocycles. The van der Waals surface area contributed by atoms with E-state index in [1.165, 1.54) is 0 Å². The predicted molar refractivity (Wildman–Crippen MR) is 69.3 cm³/mol. The van der Waals surface area contributed by atoms with E-state index in [2.05, 4.69) is 31.2 Å². The van der Waals surface area contributed by atoms with Crippen LogP contribution in [0.15, 0.2) is 41.1 Å². The third-order valence-electron chi connectivity index (χ3n) is 2.17. The zero-order valence-electron chi connectivity index (χ0n) is 8.94. The summed E-state index contributed by atoms with van der Waals surface area (Å²) in [6.07, 6.45) is 3.65. The van der Waals surface area contributed by atoms with Crippen molar-refractivity contribution in [2.45, 2.75) is 6.92 Å². The molecule has 3 nitrogen and oxygen atoms in total. The van der Waals surface area contributed by atoms with E-state index in [0.717, 1.165) is 22.1 Å². The van der Waals surface area contributed by atoms with Crippen LogP contribution < -0.4 is 5.32 Å². The number of hydrogen-bond donors (Lipinski definition) is 1. The van der Waals surface area contributed by atoms with Crippen LogP contribution in [0.1, 0.15) is 6.92 Å². The van der Waals surface area contributed by atoms with E-state index in [4.69, 9.17) is 0 Å². The summed E-state index contributed by atoms with van der Waals surface area (Å²) in [5.41, 5.74) is 2.11. The van der Waals surface area contributed by atoms with Gasteiger partial charge in [0.1, 0.15) is 0 Å². The van der Waals surface area contributed by atoms with Crippen molar-refractivity contribution in [1.29, 1.82) is 0 Å². The highest BCUT2D eigenvalue weighted by atomic mass is 79.9. The van der Waals surface area contributed by atoms with Gasteiger partial charge in [0.25, 0.3) is 0 Å². The summed E-state index contributed by atoms with van der Waals surface area (Å²) < 4.78 is 1.05. The first-order valence-electron chi connectivity index (χ1n) is 5.12. The minimum Gasteiger partial charge on any atom is -0.355 e. The average Bonchev–Trinajstić information content (AvgIpc) is 2.31. The summed E-state index contributed by atoms with van der Waals surface area (Å²) in [7, 11) is 0. The molecule has 0 saturated carbocycles. The number of benzene rings is 1. The SMILES string of the molecule is CCNc1ncc(-c2ccccc2Br)cn1. The quantitative estimate of drug-likeness (QED) is 0.935. The van der Waals surface area contributed by atoms with Crippen LogP contribution in [0.2, 0.25) is 0 Å². The molecule has 0 saturated heterocycles. The van der Waals surface area contributed by atoms with Crippen molar-refractivity contribution in [2.24, 2.45) is 0 Å². The molecule has 2 rings (SSSR count). The standard InChI is InChI=1S/C12H12BrN3/c1-2-14-12-15-7-9(8-16-12)10-5-3-4-6-11(10)13/h3-8H,2H2,1H3,(H,14,15,16). The summed E-state index contributed by atoms with van der Waals surface area (Å²) in [5, 5.41) is 3.07. The van der Waals surface area contributed by atoms with Crippen LogP contribution in [0.5, 0.6) is 0 Å². The molecule has 0 aliphatic carbocycles. The molecule has 0 aliphatic rings. The second kappa shape index (κ2) is 5.07. The number of halogens is 1. The molecule has 16 heavy (non-hydrogen) atoms. The number of nitrogens with zero attached hydrogens (tertiary/aromatic N) is 2. The monoisotopic (exact) mass is 277 g/mol. The van der Waals surface area contributed by atoms with E-state index in [1.807, 2.05) is 43.6 Å². The number of nitrogens with one attached hydrogen (secondary N) is 1. The summed E-state index contributed by atoms with van der Waals surface area (Å²) >= 11 is 3.51. The Morgan fingerprint density at radius 1 is 1.19 bits per heavy atom. The van der Waals surface area contributed by atoms with Crippen molar-refractivity contribution < 1.29 is 0 Å². The van der Waals surface area contributed by atoms with Gasteiger partial charge in [-0.05, 0) is 18.6 Å². The van der Waals surface area contributed by atoms with E-state index >= 15 is 0 Å². The molecule has 82 valence electrons. The van der Waals surface area contributed by atoms with Crippen LogP contribution in [0.4, 0.5) is 5.95 Å². The van der Waals surface area contributed by atoms with Gasteiger partial charge < -0.3 is 5.32 Å². The summed E-state index contributed by atoms with van der Waals surface area (Å²) in [5.74, 6) is 0.665. The third kappa shape index (κ3) is 2.39. The molecule has 1 N–H and O–H groups in total. The van der Waals surface area contributed by atoms with Crippen LogP contribution in [0.25, 0.3) is 11.1 Å². The van der Waals surface area contributed by atoms with Crippen LogP contribution in [0.3, 0.4) is 0 Å². The highest BCUT2D eigenvalue weighted by Gasteiger charge is 2.03. The van der Waals surface area contributed by atoms with Crippen molar-refractivity contribution in [3.05, 3.63) is 41.1 Å². The molecule has 0 unspecified atom stereocenters. The number of anilines is 1. The first-order valence-corrected chi connectivity index (χ1v) is 5.91. The molecular formula is C12H12BrN3. The molecule has 4 heteroatoms. The first-order chi connectivity index (χ1) is 7.81. The van der Waals surface area contributed by atoms with Gasteiger partial charge in [-0.1, -0.05) is 34.1 Å². The largest absolute Gasteiger partial charge is 0.355 e. The smallest absolute Gasteiger partial charge is 0.222 e. The highest BCUT2D eigenvalue weighted by Crippen LogP contribution is 2.26. The second-order valence-corrected chi connectivity index (χ2v) is 4.16. The van der Waals surface area contributed by atoms with Crippen molar-refractivity contribution in [3.63, 3.8) is 0 Å². The predicted octanol–water partition coefficient (Wildman–Crippen LogP) is 3.34. The fourth-order valence-corrected chi connectivity index (χ4v) is 1.93. The van der Waals surface area contributed by atoms with E-state index < -0.39 is 0 Å². The minimum atomic E-state index is 0.665. The van der Waals surface area contributed by atoms with Crippen LogP contribution in [0, 0.1) is 0 Å². The van der Waals surface area contributed by atoms with Gasteiger partial charge in [-0.2, -0.15) is 0 Å². The molecule has 1 heterocycles. The lowest BCUT2D eigenvalue weighted by molar-refractivity contribution is 1.09. The third-order valence-corrected chi connectivity index (χ3v) is 2.86. The van der Waals surface area contributed by atoms with Crippen LogP contribution in [-0.4, -0.2) is 16.5 Å². The maximum atomic E-state index is 4.24. The van der Waals surface area contributed by atoms with Crippen molar-refractivity contribution in [3.8, 4) is 11.1 Å². The highest BCUT2D eigenvalue weighted by molar-refractivity contribution is 9.10. The molecule has 0 bridgehead atoms. The Hall–Kier alpha value is -1.42. The second-order valence-electron chi connectivity index (χ2n) is 3.31. The molecule has 1 aromatic carbocycles. The number of hydrogen-bond acceptors (Lipinski definition) is 3. The van der Waals surface area contributed by atoms with E-state index in [0.29, 0.717) is 5.95 Å². The Morgan fingerprint density at radius 3 is 2.50 bits per heavy atom. The molecule has 0 amide bonds. The molecule has 0 spiro atoms. The van der Waals surface area contributed by atoms with Crippen LogP contribution in [-0.2, 0) is 0 Å². The lowest BCUT2D eigenvalue weighted by Gasteiger charge is -2.05. The van der Waals surface area contributed by atoms with Gasteiger partial charge in [-0.3, -0.25) is 0 Å². The molecule has 0 aliphatic heterocycles. The Bertz CT molecular complexity index is 468. The van der Waals surface area contributed by atoms with E-state index in [1.54, 1.807) is 0 Å². The molecule has 2 aromatic rings. The normalized spacial score (nSPS) is 10.1. The fraction of sp³-hybridized carbons (Fsp3) is 0.167. The van der Waals surface area contributed by atoms with E-state index in [9.17, 15) is 0 Å². The lowest BCUT2D eigenvalue weighted by atomic mass is 10.1. The maximum Gasteiger partial charge on any atom is 0.222 e. The summed E-state index contributed by atoms with van der Waals surface area (Å²) in [6.45, 7) is 2.85. The zero-order valence-corrected chi connectivity index (χ0v) is 10.5. The topological polar surface area (TPSA) is 37.8 Å².